The monoisotopic (exact) mass is 402 g/mol. The molecule has 0 aliphatic rings. The van der Waals surface area contributed by atoms with Crippen molar-refractivity contribution in [2.45, 2.75) is 33.0 Å². The summed E-state index contributed by atoms with van der Waals surface area (Å²) in [6.07, 6.45) is 0.422. The molecule has 2 aromatic rings. The lowest BCUT2D eigenvalue weighted by Crippen LogP contribution is -2.40. The van der Waals surface area contributed by atoms with Gasteiger partial charge in [-0.3, -0.25) is 9.59 Å². The van der Waals surface area contributed by atoms with Crippen LogP contribution in [0.25, 0.3) is 0 Å². The Hall–Kier alpha value is -3.29. The van der Waals surface area contributed by atoms with Crippen molar-refractivity contribution in [3.63, 3.8) is 0 Å². The molecule has 1 heterocycles. The van der Waals surface area contributed by atoms with Gasteiger partial charge in [-0.15, -0.1) is 0 Å². The first kappa shape index (κ1) is 22.0. The molecule has 1 aromatic carbocycles. The number of aromatic nitrogens is 1. The van der Waals surface area contributed by atoms with Gasteiger partial charge in [0.1, 0.15) is 24.5 Å². The average Bonchev–Trinajstić information content (AvgIpc) is 2.70. The molecular formula is C21H26N2O6. The number of para-hydroxylation sites is 1. The van der Waals surface area contributed by atoms with Gasteiger partial charge in [-0.1, -0.05) is 32.0 Å². The molecule has 0 fully saturated rings. The van der Waals surface area contributed by atoms with Gasteiger partial charge in [-0.25, -0.2) is 4.98 Å². The number of esters is 1. The summed E-state index contributed by atoms with van der Waals surface area (Å²) in [5, 5.41) is 12.3. The summed E-state index contributed by atoms with van der Waals surface area (Å²) < 4.78 is 16.3. The van der Waals surface area contributed by atoms with E-state index in [4.69, 9.17) is 14.2 Å². The fraction of sp³-hybridized carbons (Fsp3) is 0.381. The van der Waals surface area contributed by atoms with Gasteiger partial charge in [0.15, 0.2) is 17.2 Å². The maximum absolute atomic E-state index is 12.2. The Morgan fingerprint density at radius 2 is 1.83 bits per heavy atom. The van der Waals surface area contributed by atoms with Crippen LogP contribution in [0.4, 0.5) is 0 Å². The van der Waals surface area contributed by atoms with Crippen molar-refractivity contribution < 1.29 is 28.9 Å². The predicted octanol–water partition coefficient (Wildman–Crippen LogP) is 2.56. The number of aromatic hydroxyl groups is 1. The van der Waals surface area contributed by atoms with Gasteiger partial charge in [0.25, 0.3) is 5.91 Å². The Balaban J connectivity index is 1.92. The number of hydrogen-bond acceptors (Lipinski definition) is 7. The number of methoxy groups -OCH3 is 1. The molecule has 1 amide bonds. The molecule has 0 aliphatic carbocycles. The Bertz CT molecular complexity index is 825. The highest BCUT2D eigenvalue weighted by molar-refractivity contribution is 5.97. The quantitative estimate of drug-likeness (QED) is 0.621. The molecule has 0 radical (unpaired) electrons. The van der Waals surface area contributed by atoms with Gasteiger partial charge in [0, 0.05) is 12.3 Å². The fourth-order valence-electron chi connectivity index (χ4n) is 2.75. The van der Waals surface area contributed by atoms with Crippen LogP contribution in [0.15, 0.2) is 42.6 Å². The molecule has 0 spiro atoms. The Kier molecular flexibility index (Phi) is 7.82. The molecule has 29 heavy (non-hydrogen) atoms. The summed E-state index contributed by atoms with van der Waals surface area (Å²) in [5.74, 6) is -0.862. The van der Waals surface area contributed by atoms with E-state index in [1.165, 1.54) is 19.4 Å². The van der Waals surface area contributed by atoms with Gasteiger partial charge >= 0.3 is 5.97 Å². The van der Waals surface area contributed by atoms with Crippen molar-refractivity contribution in [3.05, 3.63) is 48.3 Å². The van der Waals surface area contributed by atoms with Crippen LogP contribution >= 0.6 is 0 Å². The van der Waals surface area contributed by atoms with E-state index < -0.39 is 23.7 Å². The van der Waals surface area contributed by atoms with Gasteiger partial charge in [-0.05, 0) is 25.0 Å². The maximum Gasteiger partial charge on any atom is 0.325 e. The van der Waals surface area contributed by atoms with E-state index in [0.29, 0.717) is 5.75 Å². The van der Waals surface area contributed by atoms with Crippen LogP contribution < -0.4 is 14.8 Å². The van der Waals surface area contributed by atoms with Crippen molar-refractivity contribution in [2.24, 2.45) is 5.92 Å². The van der Waals surface area contributed by atoms with Crippen molar-refractivity contribution in [1.29, 1.82) is 0 Å². The molecule has 0 saturated heterocycles. The molecule has 156 valence electrons. The number of rotatable bonds is 9. The van der Waals surface area contributed by atoms with Crippen LogP contribution in [0.3, 0.4) is 0 Å². The second kappa shape index (κ2) is 10.3. The molecule has 2 N–H and O–H groups in total. The van der Waals surface area contributed by atoms with E-state index in [2.05, 4.69) is 10.3 Å². The van der Waals surface area contributed by atoms with E-state index in [0.717, 1.165) is 0 Å². The molecule has 0 saturated carbocycles. The number of benzene rings is 1. The number of carbonyl (C=O) groups is 2. The second-order valence-corrected chi connectivity index (χ2v) is 6.73. The Morgan fingerprint density at radius 1 is 1.14 bits per heavy atom. The van der Waals surface area contributed by atoms with Crippen LogP contribution in [0, 0.1) is 5.92 Å². The van der Waals surface area contributed by atoms with Crippen LogP contribution in [0.5, 0.6) is 17.2 Å². The van der Waals surface area contributed by atoms with Crippen LogP contribution in [0.2, 0.25) is 0 Å². The molecule has 2 rings (SSSR count). The number of carbonyl (C=O) groups excluding carboxylic acids is 2. The van der Waals surface area contributed by atoms with Crippen molar-refractivity contribution in [2.75, 3.05) is 13.7 Å². The fourth-order valence-corrected chi connectivity index (χ4v) is 2.75. The lowest BCUT2D eigenvalue weighted by atomic mass is 10.0. The number of amides is 1. The number of ether oxygens (including phenoxy) is 3. The third-order valence-electron chi connectivity index (χ3n) is 4.17. The molecular weight excluding hydrogens is 376 g/mol. The predicted molar refractivity (Wildman–Crippen MR) is 106 cm³/mol. The number of pyridine rings is 1. The van der Waals surface area contributed by atoms with E-state index in [1.54, 1.807) is 6.92 Å². The number of nitrogens with one attached hydrogen (secondary N) is 1. The maximum atomic E-state index is 12.2. The second-order valence-electron chi connectivity index (χ2n) is 6.73. The van der Waals surface area contributed by atoms with Crippen molar-refractivity contribution in [3.8, 4) is 17.2 Å². The minimum atomic E-state index is -0.716. The third-order valence-corrected chi connectivity index (χ3v) is 4.17. The summed E-state index contributed by atoms with van der Waals surface area (Å²) in [6, 6.07) is 10.7. The third kappa shape index (κ3) is 6.10. The summed E-state index contributed by atoms with van der Waals surface area (Å²) in [4.78, 5) is 28.2. The average molecular weight is 402 g/mol. The minimum absolute atomic E-state index is 0.0885. The standard InChI is InChI=1S/C21H26N2O6/c1-13(2)20(29-15-8-6-5-7-9-15)14(3)28-17(24)12-23-21(26)18-19(25)16(27-4)10-11-22-18/h5-11,13-14,20,25H,12H2,1-4H3,(H,23,26)/t14-,20+/m0/s1. The van der Waals surface area contributed by atoms with Crippen molar-refractivity contribution >= 4 is 11.9 Å². The molecule has 0 bridgehead atoms. The minimum Gasteiger partial charge on any atom is -0.503 e. The van der Waals surface area contributed by atoms with E-state index in [9.17, 15) is 14.7 Å². The molecule has 0 aliphatic heterocycles. The normalized spacial score (nSPS) is 12.7. The number of hydrogen-bond donors (Lipinski definition) is 2. The van der Waals surface area contributed by atoms with Gasteiger partial charge in [0.05, 0.1) is 7.11 Å². The Labute approximate surface area is 169 Å². The summed E-state index contributed by atoms with van der Waals surface area (Å²) in [6.45, 7) is 5.30. The highest BCUT2D eigenvalue weighted by atomic mass is 16.6. The van der Waals surface area contributed by atoms with Gasteiger partial charge < -0.3 is 24.6 Å². The van der Waals surface area contributed by atoms with E-state index in [-0.39, 0.29) is 30.0 Å². The van der Waals surface area contributed by atoms with Gasteiger partial charge in [-0.2, -0.15) is 0 Å². The summed E-state index contributed by atoms with van der Waals surface area (Å²) >= 11 is 0. The van der Waals surface area contributed by atoms with E-state index in [1.807, 2.05) is 44.2 Å². The lowest BCUT2D eigenvalue weighted by Gasteiger charge is -2.28. The highest BCUT2D eigenvalue weighted by Gasteiger charge is 2.26. The zero-order valence-electron chi connectivity index (χ0n) is 16.9. The van der Waals surface area contributed by atoms with Crippen LogP contribution in [-0.2, 0) is 9.53 Å². The molecule has 2 atom stereocenters. The highest BCUT2D eigenvalue weighted by Crippen LogP contribution is 2.27. The van der Waals surface area contributed by atoms with Crippen LogP contribution in [-0.4, -0.2) is 47.8 Å². The zero-order chi connectivity index (χ0) is 21.4. The Morgan fingerprint density at radius 3 is 2.45 bits per heavy atom. The SMILES string of the molecule is COc1ccnc(C(=O)NCC(=O)O[C@@H](C)[C@H](Oc2ccccc2)C(C)C)c1O. The summed E-state index contributed by atoms with van der Waals surface area (Å²) in [5.41, 5.74) is -0.238. The molecule has 8 heteroatoms. The zero-order valence-corrected chi connectivity index (χ0v) is 16.9. The topological polar surface area (TPSA) is 107 Å². The number of nitrogens with zero attached hydrogens (tertiary/aromatic N) is 1. The smallest absolute Gasteiger partial charge is 0.325 e. The van der Waals surface area contributed by atoms with E-state index >= 15 is 0 Å². The van der Waals surface area contributed by atoms with Crippen LogP contribution in [0.1, 0.15) is 31.3 Å². The molecule has 1 aromatic heterocycles. The largest absolute Gasteiger partial charge is 0.503 e. The molecule has 8 nitrogen and oxygen atoms in total. The van der Waals surface area contributed by atoms with Crippen molar-refractivity contribution in [1.82, 2.24) is 10.3 Å². The van der Waals surface area contributed by atoms with Gasteiger partial charge in [0.2, 0.25) is 0 Å². The summed E-state index contributed by atoms with van der Waals surface area (Å²) in [7, 11) is 1.36. The first-order valence-corrected chi connectivity index (χ1v) is 9.24. The lowest BCUT2D eigenvalue weighted by molar-refractivity contribution is -0.152. The first-order valence-electron chi connectivity index (χ1n) is 9.24. The molecule has 0 unspecified atom stereocenters. The first-order chi connectivity index (χ1) is 13.8.